The van der Waals surface area contributed by atoms with E-state index in [0.717, 1.165) is 21.9 Å². The van der Waals surface area contributed by atoms with Gasteiger partial charge in [0, 0.05) is 18.7 Å². The summed E-state index contributed by atoms with van der Waals surface area (Å²) in [5.41, 5.74) is 2.65. The number of unbranched alkanes of at least 4 members (excludes halogenated alkanes) is 2. The third kappa shape index (κ3) is 5.74. The molecule has 0 aliphatic carbocycles. The first-order chi connectivity index (χ1) is 17.5. The van der Waals surface area contributed by atoms with Crippen LogP contribution in [0.15, 0.2) is 84.1 Å². The molecule has 7 heteroatoms. The quantitative estimate of drug-likeness (QED) is 0.289. The number of benzene rings is 3. The number of carboxylic acid groups (broad SMARTS) is 1. The van der Waals surface area contributed by atoms with Crippen molar-refractivity contribution in [1.82, 2.24) is 10.2 Å². The number of rotatable bonds is 10. The summed E-state index contributed by atoms with van der Waals surface area (Å²) in [6.45, 7) is 2.28. The zero-order chi connectivity index (χ0) is 25.5. The molecule has 0 spiro atoms. The van der Waals surface area contributed by atoms with E-state index in [1.807, 2.05) is 72.8 Å². The summed E-state index contributed by atoms with van der Waals surface area (Å²) in [5, 5.41) is 13.8. The lowest BCUT2D eigenvalue weighted by atomic mass is 9.91. The predicted molar refractivity (Wildman–Crippen MR) is 137 cm³/mol. The number of amides is 2. The molecular weight excluding hydrogens is 456 g/mol. The molecule has 1 aliphatic heterocycles. The normalized spacial score (nSPS) is 15.6. The van der Waals surface area contributed by atoms with Gasteiger partial charge < -0.3 is 15.2 Å². The first-order valence-corrected chi connectivity index (χ1v) is 12.1. The van der Waals surface area contributed by atoms with Gasteiger partial charge in [-0.15, -0.1) is 0 Å². The minimum atomic E-state index is -0.830. The average Bonchev–Trinajstić information content (AvgIpc) is 2.88. The van der Waals surface area contributed by atoms with Gasteiger partial charge in [-0.3, -0.25) is 9.69 Å². The molecule has 2 N–H and O–H groups in total. The summed E-state index contributed by atoms with van der Waals surface area (Å²) in [4.78, 5) is 39.0. The number of aliphatic carboxylic acids is 1. The van der Waals surface area contributed by atoms with Crippen LogP contribution >= 0.6 is 0 Å². The molecule has 0 aromatic heterocycles. The Morgan fingerprint density at radius 2 is 1.67 bits per heavy atom. The smallest absolute Gasteiger partial charge is 0.338 e. The molecule has 3 aromatic carbocycles. The van der Waals surface area contributed by atoms with Gasteiger partial charge in [-0.1, -0.05) is 79.2 Å². The topological polar surface area (TPSA) is 95.9 Å². The number of nitrogens with one attached hydrogen (secondary N) is 1. The van der Waals surface area contributed by atoms with Crippen LogP contribution in [0.2, 0.25) is 0 Å². The Morgan fingerprint density at radius 1 is 0.944 bits per heavy atom. The van der Waals surface area contributed by atoms with E-state index < -0.39 is 18.0 Å². The largest absolute Gasteiger partial charge is 0.481 e. The van der Waals surface area contributed by atoms with Gasteiger partial charge in [-0.25, -0.2) is 9.59 Å². The number of hydrogen-bond donors (Lipinski definition) is 2. The van der Waals surface area contributed by atoms with E-state index >= 15 is 0 Å². The Bertz CT molecular complexity index is 1280. The standard InChI is InChI=1S/C29H30N2O5/c1-20-26(28(34)36-19-21-11-4-2-5-12-21)27(24-16-10-14-22-13-7-8-15-23(22)24)30-29(35)31(20)18-9-3-6-17-25(32)33/h2,4-5,7-8,10-16,27H,3,6,9,17-19H2,1H3,(H,30,35)(H,32,33). The van der Waals surface area contributed by atoms with Crippen LogP contribution in [-0.2, 0) is 20.9 Å². The molecule has 3 aromatic rings. The van der Waals surface area contributed by atoms with Crippen LogP contribution in [0, 0.1) is 0 Å². The third-order valence-corrected chi connectivity index (χ3v) is 6.44. The summed E-state index contributed by atoms with van der Waals surface area (Å²) in [6, 6.07) is 22.2. The number of carboxylic acids is 1. The number of ether oxygens (including phenoxy) is 1. The Balaban J connectivity index is 1.64. The van der Waals surface area contributed by atoms with Crippen molar-refractivity contribution >= 4 is 28.7 Å². The van der Waals surface area contributed by atoms with Crippen molar-refractivity contribution in [3.05, 3.63) is 95.2 Å². The van der Waals surface area contributed by atoms with Gasteiger partial charge in [-0.2, -0.15) is 0 Å². The molecule has 186 valence electrons. The molecule has 1 aliphatic rings. The molecule has 2 amide bonds. The number of hydrogen-bond acceptors (Lipinski definition) is 4. The van der Waals surface area contributed by atoms with E-state index in [-0.39, 0.29) is 19.1 Å². The van der Waals surface area contributed by atoms with Crippen molar-refractivity contribution in [2.45, 2.75) is 45.3 Å². The van der Waals surface area contributed by atoms with Crippen molar-refractivity contribution in [1.29, 1.82) is 0 Å². The molecule has 0 saturated heterocycles. The van der Waals surface area contributed by atoms with Crippen LogP contribution in [0.5, 0.6) is 0 Å². The first-order valence-electron chi connectivity index (χ1n) is 12.1. The SMILES string of the molecule is CC1=C(C(=O)OCc2ccccc2)C(c2cccc3ccccc23)NC(=O)N1CCCCCC(=O)O. The van der Waals surface area contributed by atoms with Crippen LogP contribution in [0.1, 0.15) is 49.8 Å². The zero-order valence-electron chi connectivity index (χ0n) is 20.3. The van der Waals surface area contributed by atoms with Gasteiger partial charge in [0.15, 0.2) is 0 Å². The highest BCUT2D eigenvalue weighted by molar-refractivity contribution is 5.97. The fourth-order valence-corrected chi connectivity index (χ4v) is 4.57. The second-order valence-electron chi connectivity index (χ2n) is 8.87. The lowest BCUT2D eigenvalue weighted by molar-refractivity contribution is -0.141. The number of carbonyl (C=O) groups is 3. The highest BCUT2D eigenvalue weighted by Gasteiger charge is 2.37. The third-order valence-electron chi connectivity index (χ3n) is 6.44. The van der Waals surface area contributed by atoms with Gasteiger partial charge in [0.05, 0.1) is 11.6 Å². The minimum absolute atomic E-state index is 0.0984. The fraction of sp³-hybridized carbons (Fsp3) is 0.276. The molecule has 0 fully saturated rings. The minimum Gasteiger partial charge on any atom is -0.481 e. The second kappa shape index (κ2) is 11.5. The van der Waals surface area contributed by atoms with Gasteiger partial charge in [0.2, 0.25) is 0 Å². The lowest BCUT2D eigenvalue weighted by Crippen LogP contribution is -2.48. The van der Waals surface area contributed by atoms with E-state index in [1.54, 1.807) is 11.8 Å². The first kappa shape index (κ1) is 25.0. The Hall–Kier alpha value is -4.13. The molecule has 7 nitrogen and oxygen atoms in total. The fourth-order valence-electron chi connectivity index (χ4n) is 4.57. The van der Waals surface area contributed by atoms with Gasteiger partial charge in [0.1, 0.15) is 6.61 Å². The molecule has 36 heavy (non-hydrogen) atoms. The second-order valence-corrected chi connectivity index (χ2v) is 8.87. The van der Waals surface area contributed by atoms with Crippen LogP contribution in [0.25, 0.3) is 10.8 Å². The van der Waals surface area contributed by atoms with Crippen molar-refractivity contribution in [3.8, 4) is 0 Å². The lowest BCUT2D eigenvalue weighted by Gasteiger charge is -2.36. The number of allylic oxidation sites excluding steroid dienone is 1. The summed E-state index contributed by atoms with van der Waals surface area (Å²) >= 11 is 0. The molecule has 0 bridgehead atoms. The average molecular weight is 487 g/mol. The van der Waals surface area contributed by atoms with Crippen LogP contribution in [-0.4, -0.2) is 34.5 Å². The Kier molecular flexibility index (Phi) is 8.00. The number of nitrogens with zero attached hydrogens (tertiary/aromatic N) is 1. The van der Waals surface area contributed by atoms with Gasteiger partial charge in [-0.05, 0) is 41.7 Å². The number of urea groups is 1. The zero-order valence-corrected chi connectivity index (χ0v) is 20.3. The van der Waals surface area contributed by atoms with Crippen LogP contribution in [0.3, 0.4) is 0 Å². The van der Waals surface area contributed by atoms with E-state index in [0.29, 0.717) is 37.1 Å². The predicted octanol–water partition coefficient (Wildman–Crippen LogP) is 5.57. The monoisotopic (exact) mass is 486 g/mol. The van der Waals surface area contributed by atoms with Crippen molar-refractivity contribution in [2.24, 2.45) is 0 Å². The number of carbonyl (C=O) groups excluding carboxylic acids is 2. The van der Waals surface area contributed by atoms with E-state index in [2.05, 4.69) is 5.32 Å². The van der Waals surface area contributed by atoms with Crippen molar-refractivity contribution < 1.29 is 24.2 Å². The van der Waals surface area contributed by atoms with Crippen LogP contribution < -0.4 is 5.32 Å². The summed E-state index contributed by atoms with van der Waals surface area (Å²) < 4.78 is 5.71. The van der Waals surface area contributed by atoms with Gasteiger partial charge in [0.25, 0.3) is 0 Å². The number of fused-ring (bicyclic) bond motifs is 1. The van der Waals surface area contributed by atoms with Gasteiger partial charge >= 0.3 is 18.0 Å². The van der Waals surface area contributed by atoms with Crippen LogP contribution in [0.4, 0.5) is 4.79 Å². The molecule has 1 atom stereocenters. The Labute approximate surface area is 210 Å². The molecular formula is C29H30N2O5. The molecule has 4 rings (SSSR count). The molecule has 1 heterocycles. The summed E-state index contributed by atoms with van der Waals surface area (Å²) in [6.07, 6.45) is 1.94. The highest BCUT2D eigenvalue weighted by Crippen LogP contribution is 2.35. The maximum Gasteiger partial charge on any atom is 0.338 e. The molecule has 1 unspecified atom stereocenters. The molecule has 0 radical (unpaired) electrons. The van der Waals surface area contributed by atoms with Crippen molar-refractivity contribution in [3.63, 3.8) is 0 Å². The number of esters is 1. The summed E-state index contributed by atoms with van der Waals surface area (Å²) in [7, 11) is 0. The highest BCUT2D eigenvalue weighted by atomic mass is 16.5. The Morgan fingerprint density at radius 3 is 2.44 bits per heavy atom. The summed E-state index contributed by atoms with van der Waals surface area (Å²) in [5.74, 6) is -1.31. The maximum atomic E-state index is 13.5. The van der Waals surface area contributed by atoms with E-state index in [1.165, 1.54) is 0 Å². The van der Waals surface area contributed by atoms with Crippen molar-refractivity contribution in [2.75, 3.05) is 6.54 Å². The molecule has 0 saturated carbocycles. The maximum absolute atomic E-state index is 13.5. The van der Waals surface area contributed by atoms with E-state index in [9.17, 15) is 14.4 Å². The van der Waals surface area contributed by atoms with E-state index in [4.69, 9.17) is 9.84 Å².